The lowest BCUT2D eigenvalue weighted by molar-refractivity contribution is -0.383. The van der Waals surface area contributed by atoms with Gasteiger partial charge in [0.2, 0.25) is 0 Å². The summed E-state index contributed by atoms with van der Waals surface area (Å²) < 4.78 is 0. The Bertz CT molecular complexity index is 433. The summed E-state index contributed by atoms with van der Waals surface area (Å²) in [6.07, 6.45) is 2.70. The molecule has 59 valence electrons. The first kappa shape index (κ1) is 6.84. The van der Waals surface area contributed by atoms with Crippen LogP contribution in [0.4, 0.5) is 5.69 Å². The van der Waals surface area contributed by atoms with E-state index in [0.29, 0.717) is 5.39 Å². The van der Waals surface area contributed by atoms with Gasteiger partial charge in [0.25, 0.3) is 5.69 Å². The SMILES string of the molecule is O=[N+]([O-])c1cccc2[nH][c]cc12. The largest absolute Gasteiger partial charge is 0.353 e. The van der Waals surface area contributed by atoms with Crippen molar-refractivity contribution in [1.82, 2.24) is 4.98 Å². The van der Waals surface area contributed by atoms with Gasteiger partial charge in [-0.2, -0.15) is 0 Å². The van der Waals surface area contributed by atoms with Crippen LogP contribution in [0.2, 0.25) is 0 Å². The fourth-order valence-electron chi connectivity index (χ4n) is 1.16. The van der Waals surface area contributed by atoms with Crippen molar-refractivity contribution in [3.8, 4) is 0 Å². The molecule has 0 aliphatic heterocycles. The number of H-pyrrole nitrogens is 1. The number of rotatable bonds is 1. The highest BCUT2D eigenvalue weighted by molar-refractivity contribution is 5.88. The average molecular weight is 161 g/mol. The number of nitro benzene ring substituents is 1. The number of hydrogen-bond acceptors (Lipinski definition) is 2. The molecule has 0 saturated carbocycles. The van der Waals surface area contributed by atoms with Gasteiger partial charge in [-0.3, -0.25) is 10.1 Å². The Morgan fingerprint density at radius 3 is 3.08 bits per heavy atom. The molecule has 12 heavy (non-hydrogen) atoms. The second-order valence-electron chi connectivity index (χ2n) is 2.41. The van der Waals surface area contributed by atoms with Crippen molar-refractivity contribution in [1.29, 1.82) is 0 Å². The Morgan fingerprint density at radius 1 is 1.50 bits per heavy atom. The smallest absolute Gasteiger partial charge is 0.278 e. The third kappa shape index (κ3) is 0.852. The number of non-ortho nitro benzene ring substituents is 1. The highest BCUT2D eigenvalue weighted by Gasteiger charge is 2.10. The maximum absolute atomic E-state index is 10.5. The second kappa shape index (κ2) is 2.34. The van der Waals surface area contributed by atoms with E-state index in [9.17, 15) is 10.1 Å². The molecule has 1 aromatic heterocycles. The molecule has 0 amide bonds. The monoisotopic (exact) mass is 161 g/mol. The van der Waals surface area contributed by atoms with Crippen LogP contribution in [0.25, 0.3) is 10.9 Å². The van der Waals surface area contributed by atoms with E-state index in [1.54, 1.807) is 18.2 Å². The Balaban J connectivity index is 2.82. The topological polar surface area (TPSA) is 58.9 Å². The molecule has 1 radical (unpaired) electrons. The lowest BCUT2D eigenvalue weighted by atomic mass is 10.2. The lowest BCUT2D eigenvalue weighted by Crippen LogP contribution is -1.87. The first-order chi connectivity index (χ1) is 5.79. The number of benzene rings is 1. The van der Waals surface area contributed by atoms with Gasteiger partial charge in [-0.25, -0.2) is 0 Å². The Morgan fingerprint density at radius 2 is 2.33 bits per heavy atom. The third-order valence-corrected chi connectivity index (χ3v) is 1.70. The van der Waals surface area contributed by atoms with Gasteiger partial charge in [0.1, 0.15) is 0 Å². The number of hydrogen-bond donors (Lipinski definition) is 1. The zero-order valence-corrected chi connectivity index (χ0v) is 6.07. The van der Waals surface area contributed by atoms with Gasteiger partial charge >= 0.3 is 0 Å². The summed E-state index contributed by atoms with van der Waals surface area (Å²) in [5.41, 5.74) is 0.856. The fourth-order valence-corrected chi connectivity index (χ4v) is 1.16. The van der Waals surface area contributed by atoms with Gasteiger partial charge in [0.05, 0.1) is 22.0 Å². The van der Waals surface area contributed by atoms with E-state index in [1.165, 1.54) is 6.07 Å². The van der Waals surface area contributed by atoms with Gasteiger partial charge in [-0.1, -0.05) is 6.07 Å². The van der Waals surface area contributed by atoms with E-state index >= 15 is 0 Å². The van der Waals surface area contributed by atoms with Crippen LogP contribution in [0.5, 0.6) is 0 Å². The van der Waals surface area contributed by atoms with Gasteiger partial charge in [0.15, 0.2) is 0 Å². The third-order valence-electron chi connectivity index (χ3n) is 1.70. The van der Waals surface area contributed by atoms with Crippen molar-refractivity contribution in [2.75, 3.05) is 0 Å². The molecule has 1 heterocycles. The molecule has 0 aliphatic rings. The quantitative estimate of drug-likeness (QED) is 0.512. The molecule has 0 aliphatic carbocycles. The standard InChI is InChI=1S/C8H5N2O2/c11-10(12)8-3-1-2-7-6(8)4-5-9-7/h1-4,9H. The summed E-state index contributed by atoms with van der Waals surface area (Å²) in [6, 6.07) is 6.47. The number of fused-ring (bicyclic) bond motifs is 1. The van der Waals surface area contributed by atoms with E-state index in [0.717, 1.165) is 5.52 Å². The lowest BCUT2D eigenvalue weighted by Gasteiger charge is -1.91. The van der Waals surface area contributed by atoms with Gasteiger partial charge in [-0.15, -0.1) is 0 Å². The minimum absolute atomic E-state index is 0.116. The minimum atomic E-state index is -0.399. The maximum atomic E-state index is 10.5. The van der Waals surface area contributed by atoms with Crippen LogP contribution < -0.4 is 0 Å². The van der Waals surface area contributed by atoms with Crippen LogP contribution in [0.15, 0.2) is 24.3 Å². The van der Waals surface area contributed by atoms with Gasteiger partial charge < -0.3 is 4.98 Å². The minimum Gasteiger partial charge on any atom is -0.353 e. The highest BCUT2D eigenvalue weighted by Crippen LogP contribution is 2.23. The van der Waals surface area contributed by atoms with E-state index < -0.39 is 4.92 Å². The average Bonchev–Trinajstić information content (AvgIpc) is 2.49. The van der Waals surface area contributed by atoms with E-state index in [1.807, 2.05) is 0 Å². The predicted molar refractivity (Wildman–Crippen MR) is 43.8 cm³/mol. The van der Waals surface area contributed by atoms with Crippen LogP contribution >= 0.6 is 0 Å². The molecular formula is C8H5N2O2. The van der Waals surface area contributed by atoms with Crippen LogP contribution in [-0.4, -0.2) is 9.91 Å². The molecule has 0 bridgehead atoms. The van der Waals surface area contributed by atoms with Crippen LogP contribution in [-0.2, 0) is 0 Å². The van der Waals surface area contributed by atoms with Crippen molar-refractivity contribution < 1.29 is 4.92 Å². The van der Waals surface area contributed by atoms with Crippen molar-refractivity contribution in [2.45, 2.75) is 0 Å². The highest BCUT2D eigenvalue weighted by atomic mass is 16.6. The molecular weight excluding hydrogens is 156 g/mol. The van der Waals surface area contributed by atoms with Crippen LogP contribution in [0, 0.1) is 16.3 Å². The summed E-state index contributed by atoms with van der Waals surface area (Å²) >= 11 is 0. The summed E-state index contributed by atoms with van der Waals surface area (Å²) in [6.45, 7) is 0. The van der Waals surface area contributed by atoms with E-state index in [2.05, 4.69) is 11.2 Å². The van der Waals surface area contributed by atoms with E-state index in [4.69, 9.17) is 0 Å². The van der Waals surface area contributed by atoms with Crippen molar-refractivity contribution in [3.63, 3.8) is 0 Å². The normalized spacial score (nSPS) is 10.3. The van der Waals surface area contributed by atoms with Gasteiger partial charge in [-0.05, 0) is 12.1 Å². The zero-order valence-electron chi connectivity index (χ0n) is 6.07. The number of nitro groups is 1. The van der Waals surface area contributed by atoms with Crippen molar-refractivity contribution in [2.24, 2.45) is 0 Å². The van der Waals surface area contributed by atoms with Crippen LogP contribution in [0.1, 0.15) is 0 Å². The van der Waals surface area contributed by atoms with Gasteiger partial charge in [0, 0.05) is 6.07 Å². The van der Waals surface area contributed by atoms with Crippen LogP contribution in [0.3, 0.4) is 0 Å². The van der Waals surface area contributed by atoms with Crippen molar-refractivity contribution >= 4 is 16.6 Å². The molecule has 2 rings (SSSR count). The van der Waals surface area contributed by atoms with E-state index in [-0.39, 0.29) is 5.69 Å². The summed E-state index contributed by atoms with van der Waals surface area (Å²) in [5.74, 6) is 0. The zero-order chi connectivity index (χ0) is 8.55. The Labute approximate surface area is 68.0 Å². The molecule has 2 aromatic rings. The summed E-state index contributed by atoms with van der Waals surface area (Å²) in [7, 11) is 0. The molecule has 4 nitrogen and oxygen atoms in total. The molecule has 0 unspecified atom stereocenters. The predicted octanol–water partition coefficient (Wildman–Crippen LogP) is 1.88. The molecule has 1 N–H and O–H groups in total. The first-order valence-electron chi connectivity index (χ1n) is 3.41. The maximum Gasteiger partial charge on any atom is 0.278 e. The fraction of sp³-hybridized carbons (Fsp3) is 0. The summed E-state index contributed by atoms with van der Waals surface area (Å²) in [5, 5.41) is 11.1. The summed E-state index contributed by atoms with van der Waals surface area (Å²) in [4.78, 5) is 12.9. The molecule has 0 spiro atoms. The molecule has 0 saturated heterocycles. The van der Waals surface area contributed by atoms with Crippen molar-refractivity contribution in [3.05, 3.63) is 40.6 Å². The molecule has 1 aromatic carbocycles. The molecule has 4 heteroatoms. The Kier molecular flexibility index (Phi) is 1.33. The second-order valence-corrected chi connectivity index (χ2v) is 2.41. The first-order valence-corrected chi connectivity index (χ1v) is 3.41. The Hall–Kier alpha value is -1.84. The number of nitrogens with one attached hydrogen (secondary N) is 1. The molecule has 0 fully saturated rings. The number of nitrogens with zero attached hydrogens (tertiary/aromatic N) is 1. The number of aromatic nitrogens is 1. The molecule has 0 atom stereocenters. The number of aromatic amines is 1.